The standard InChI is InChI=1S/C12H10ClNO2/c1-7-3-4-9(13)5-10(7)12(16)11(6-14)8(2)15/h3-5,15H,1-2H3/b11-8-. The van der Waals surface area contributed by atoms with E-state index in [9.17, 15) is 9.90 Å². The molecule has 16 heavy (non-hydrogen) atoms. The highest BCUT2D eigenvalue weighted by Gasteiger charge is 2.17. The zero-order valence-electron chi connectivity index (χ0n) is 8.91. The number of aliphatic hydroxyl groups excluding tert-OH is 1. The number of aliphatic hydroxyl groups is 1. The fraction of sp³-hybridized carbons (Fsp3) is 0.167. The minimum absolute atomic E-state index is 0.259. The molecule has 0 aromatic heterocycles. The fourth-order valence-electron chi connectivity index (χ4n) is 1.27. The number of ketones is 1. The van der Waals surface area contributed by atoms with E-state index in [2.05, 4.69) is 0 Å². The molecule has 1 rings (SSSR count). The monoisotopic (exact) mass is 235 g/mol. The molecule has 0 unspecified atom stereocenters. The molecule has 0 fully saturated rings. The van der Waals surface area contributed by atoms with Gasteiger partial charge in [-0.3, -0.25) is 4.79 Å². The normalized spacial score (nSPS) is 11.6. The van der Waals surface area contributed by atoms with Gasteiger partial charge in [-0.15, -0.1) is 0 Å². The van der Waals surface area contributed by atoms with Crippen LogP contribution in [0.5, 0.6) is 0 Å². The van der Waals surface area contributed by atoms with E-state index in [1.165, 1.54) is 13.0 Å². The van der Waals surface area contributed by atoms with Crippen molar-refractivity contribution in [3.05, 3.63) is 45.7 Å². The number of rotatable bonds is 2. The van der Waals surface area contributed by atoms with Crippen molar-refractivity contribution in [1.29, 1.82) is 5.26 Å². The number of hydrogen-bond donors (Lipinski definition) is 1. The first-order valence-electron chi connectivity index (χ1n) is 4.58. The number of carbonyl (C=O) groups excluding carboxylic acids is 1. The molecule has 0 heterocycles. The third kappa shape index (κ3) is 2.41. The van der Waals surface area contributed by atoms with Gasteiger partial charge in [0.25, 0.3) is 0 Å². The number of aryl methyl sites for hydroxylation is 1. The summed E-state index contributed by atoms with van der Waals surface area (Å²) < 4.78 is 0. The Kier molecular flexibility index (Phi) is 3.70. The van der Waals surface area contributed by atoms with Gasteiger partial charge in [0.1, 0.15) is 17.4 Å². The van der Waals surface area contributed by atoms with Crippen molar-refractivity contribution in [2.24, 2.45) is 0 Å². The Labute approximate surface area is 98.6 Å². The van der Waals surface area contributed by atoms with Gasteiger partial charge >= 0.3 is 0 Å². The summed E-state index contributed by atoms with van der Waals surface area (Å²) in [6.07, 6.45) is 0. The van der Waals surface area contributed by atoms with Crippen molar-refractivity contribution in [1.82, 2.24) is 0 Å². The van der Waals surface area contributed by atoms with E-state index >= 15 is 0 Å². The maximum atomic E-state index is 11.9. The minimum Gasteiger partial charge on any atom is -0.511 e. The molecule has 0 saturated carbocycles. The summed E-state index contributed by atoms with van der Waals surface area (Å²) in [6.45, 7) is 3.04. The van der Waals surface area contributed by atoms with Crippen molar-refractivity contribution in [3.63, 3.8) is 0 Å². The lowest BCUT2D eigenvalue weighted by Crippen LogP contribution is -2.06. The molecule has 0 amide bonds. The van der Waals surface area contributed by atoms with Crippen LogP contribution < -0.4 is 0 Å². The van der Waals surface area contributed by atoms with Crippen LogP contribution in [0.2, 0.25) is 5.02 Å². The van der Waals surface area contributed by atoms with E-state index in [1.807, 2.05) is 0 Å². The number of nitriles is 1. The molecule has 3 nitrogen and oxygen atoms in total. The molecule has 82 valence electrons. The second-order valence-electron chi connectivity index (χ2n) is 3.36. The quantitative estimate of drug-likeness (QED) is 0.371. The minimum atomic E-state index is -0.512. The number of allylic oxidation sites excluding steroid dienone is 2. The molecule has 0 radical (unpaired) electrons. The van der Waals surface area contributed by atoms with Gasteiger partial charge in [-0.2, -0.15) is 5.26 Å². The van der Waals surface area contributed by atoms with E-state index in [4.69, 9.17) is 16.9 Å². The lowest BCUT2D eigenvalue weighted by molar-refractivity contribution is 0.103. The summed E-state index contributed by atoms with van der Waals surface area (Å²) in [5.74, 6) is -0.797. The summed E-state index contributed by atoms with van der Waals surface area (Å²) in [5, 5.41) is 18.4. The number of carbonyl (C=O) groups is 1. The Morgan fingerprint density at radius 1 is 1.50 bits per heavy atom. The summed E-state index contributed by atoms with van der Waals surface area (Å²) in [7, 11) is 0. The van der Waals surface area contributed by atoms with Gasteiger partial charge < -0.3 is 5.11 Å². The maximum Gasteiger partial charge on any atom is 0.207 e. The highest BCUT2D eigenvalue weighted by molar-refractivity contribution is 6.31. The van der Waals surface area contributed by atoms with Gasteiger partial charge in [0.2, 0.25) is 5.78 Å². The molecular formula is C12H10ClNO2. The average molecular weight is 236 g/mol. The number of nitrogens with zero attached hydrogens (tertiary/aromatic N) is 1. The van der Waals surface area contributed by atoms with E-state index in [0.29, 0.717) is 16.1 Å². The molecule has 1 aromatic carbocycles. The largest absolute Gasteiger partial charge is 0.511 e. The molecule has 0 spiro atoms. The average Bonchev–Trinajstić information content (AvgIpc) is 2.22. The van der Waals surface area contributed by atoms with Crippen molar-refractivity contribution in [2.75, 3.05) is 0 Å². The van der Waals surface area contributed by atoms with Gasteiger partial charge in [0.05, 0.1) is 0 Å². The van der Waals surface area contributed by atoms with Crippen LogP contribution in [0.1, 0.15) is 22.8 Å². The van der Waals surface area contributed by atoms with Crippen molar-refractivity contribution in [2.45, 2.75) is 13.8 Å². The van der Waals surface area contributed by atoms with Crippen LogP contribution in [0, 0.1) is 18.3 Å². The Balaban J connectivity index is 3.31. The van der Waals surface area contributed by atoms with Crippen LogP contribution in [0.15, 0.2) is 29.5 Å². The van der Waals surface area contributed by atoms with Crippen LogP contribution in [0.3, 0.4) is 0 Å². The maximum absolute atomic E-state index is 11.9. The molecule has 0 bridgehead atoms. The molecule has 0 aliphatic rings. The smallest absolute Gasteiger partial charge is 0.207 e. The second-order valence-corrected chi connectivity index (χ2v) is 3.80. The Bertz CT molecular complexity index is 508. The number of hydrogen-bond acceptors (Lipinski definition) is 3. The number of benzene rings is 1. The van der Waals surface area contributed by atoms with E-state index in [-0.39, 0.29) is 11.3 Å². The Hall–Kier alpha value is -1.79. The summed E-state index contributed by atoms with van der Waals surface area (Å²) >= 11 is 5.77. The van der Waals surface area contributed by atoms with Crippen molar-refractivity contribution in [3.8, 4) is 6.07 Å². The zero-order chi connectivity index (χ0) is 12.3. The van der Waals surface area contributed by atoms with Crippen LogP contribution in [0.4, 0.5) is 0 Å². The third-order valence-electron chi connectivity index (χ3n) is 2.14. The Morgan fingerprint density at radius 3 is 2.62 bits per heavy atom. The molecule has 0 aliphatic heterocycles. The predicted molar refractivity (Wildman–Crippen MR) is 61.5 cm³/mol. The topological polar surface area (TPSA) is 61.1 Å². The molecule has 0 aliphatic carbocycles. The van der Waals surface area contributed by atoms with Crippen LogP contribution in [-0.2, 0) is 0 Å². The first-order chi connectivity index (χ1) is 7.47. The van der Waals surface area contributed by atoms with E-state index in [0.717, 1.165) is 0 Å². The number of halogens is 1. The third-order valence-corrected chi connectivity index (χ3v) is 2.38. The lowest BCUT2D eigenvalue weighted by atomic mass is 9.99. The molecule has 1 aromatic rings. The summed E-state index contributed by atoms with van der Waals surface area (Å²) in [5.41, 5.74) is 0.784. The molecule has 4 heteroatoms. The zero-order valence-corrected chi connectivity index (χ0v) is 9.67. The number of Topliss-reactive ketones (excluding diaryl/α,β-unsaturated/α-hetero) is 1. The van der Waals surface area contributed by atoms with E-state index < -0.39 is 5.78 Å². The predicted octanol–water partition coefficient (Wildman–Crippen LogP) is 3.19. The Morgan fingerprint density at radius 2 is 2.12 bits per heavy atom. The fourth-order valence-corrected chi connectivity index (χ4v) is 1.44. The van der Waals surface area contributed by atoms with Gasteiger partial charge in [0, 0.05) is 10.6 Å². The molecule has 0 atom stereocenters. The highest BCUT2D eigenvalue weighted by atomic mass is 35.5. The summed E-state index contributed by atoms with van der Waals surface area (Å²) in [4.78, 5) is 11.9. The van der Waals surface area contributed by atoms with Crippen LogP contribution in [0.25, 0.3) is 0 Å². The van der Waals surface area contributed by atoms with Gasteiger partial charge in [-0.25, -0.2) is 0 Å². The summed E-state index contributed by atoms with van der Waals surface area (Å²) in [6, 6.07) is 6.52. The van der Waals surface area contributed by atoms with Gasteiger partial charge in [-0.1, -0.05) is 17.7 Å². The van der Waals surface area contributed by atoms with Gasteiger partial charge in [-0.05, 0) is 31.5 Å². The molecule has 0 saturated heterocycles. The first kappa shape index (κ1) is 12.3. The van der Waals surface area contributed by atoms with Crippen molar-refractivity contribution >= 4 is 17.4 Å². The first-order valence-corrected chi connectivity index (χ1v) is 4.96. The second kappa shape index (κ2) is 4.82. The SMILES string of the molecule is C/C(O)=C(\C#N)C(=O)c1cc(Cl)ccc1C. The highest BCUT2D eigenvalue weighted by Crippen LogP contribution is 2.19. The lowest BCUT2D eigenvalue weighted by Gasteiger charge is -2.04. The molecular weight excluding hydrogens is 226 g/mol. The van der Waals surface area contributed by atoms with Crippen molar-refractivity contribution < 1.29 is 9.90 Å². The van der Waals surface area contributed by atoms with Gasteiger partial charge in [0.15, 0.2) is 0 Å². The molecule has 1 N–H and O–H groups in total. The van der Waals surface area contributed by atoms with E-state index in [1.54, 1.807) is 25.1 Å². The van der Waals surface area contributed by atoms with Crippen LogP contribution in [-0.4, -0.2) is 10.9 Å². The van der Waals surface area contributed by atoms with Crippen LogP contribution >= 0.6 is 11.6 Å².